The summed E-state index contributed by atoms with van der Waals surface area (Å²) in [6, 6.07) is 8.72. The number of phenols is 1. The summed E-state index contributed by atoms with van der Waals surface area (Å²) >= 11 is -1.30. The van der Waals surface area contributed by atoms with E-state index in [2.05, 4.69) is 10.3 Å². The zero-order valence-corrected chi connectivity index (χ0v) is 15.9. The molecule has 2 rings (SSSR count). The van der Waals surface area contributed by atoms with E-state index >= 15 is 0 Å². The van der Waals surface area contributed by atoms with Gasteiger partial charge in [0.2, 0.25) is 0 Å². The van der Waals surface area contributed by atoms with Crippen molar-refractivity contribution in [1.29, 1.82) is 0 Å². The SMILES string of the molecule is CC(CCOCc1cccnc1)NCC(O)c1ccc(O)c([S+](C)[O-])c1. The molecule has 1 aromatic heterocycles. The first kappa shape index (κ1) is 20.7. The first-order valence-corrected chi connectivity index (χ1v) is 10.1. The van der Waals surface area contributed by atoms with E-state index in [1.54, 1.807) is 24.5 Å². The van der Waals surface area contributed by atoms with Gasteiger partial charge in [0, 0.05) is 37.7 Å². The number of aliphatic hydroxyl groups is 1. The zero-order chi connectivity index (χ0) is 18.9. The predicted octanol–water partition coefficient (Wildman–Crippen LogP) is 2.14. The van der Waals surface area contributed by atoms with Gasteiger partial charge in [-0.05, 0) is 47.8 Å². The van der Waals surface area contributed by atoms with Crippen LogP contribution in [0.15, 0.2) is 47.6 Å². The maximum absolute atomic E-state index is 11.6. The third-order valence-corrected chi connectivity index (χ3v) is 4.97. The standard InChI is InChI=1S/C19H26N2O4S/c1-14(7-9-25-13-15-4-3-8-20-11-15)21-12-18(23)16-5-6-17(22)19(10-16)26(2)24/h3-6,8,10-11,14,18,21-23H,7,9,12-13H2,1-2H3. The van der Waals surface area contributed by atoms with Crippen LogP contribution in [0.2, 0.25) is 0 Å². The normalized spacial score (nSPS) is 14.8. The number of hydrogen-bond acceptors (Lipinski definition) is 6. The van der Waals surface area contributed by atoms with Gasteiger partial charge in [0.15, 0.2) is 10.6 Å². The summed E-state index contributed by atoms with van der Waals surface area (Å²) in [5.74, 6) is -0.0196. The molecule has 7 heteroatoms. The molecular weight excluding hydrogens is 352 g/mol. The quantitative estimate of drug-likeness (QED) is 0.433. The van der Waals surface area contributed by atoms with Gasteiger partial charge in [-0.25, -0.2) is 0 Å². The second-order valence-electron chi connectivity index (χ2n) is 6.21. The number of phenolic OH excluding ortho intramolecular Hbond substituents is 1. The molecule has 3 N–H and O–H groups in total. The van der Waals surface area contributed by atoms with Crippen molar-refractivity contribution in [2.45, 2.75) is 37.0 Å². The zero-order valence-electron chi connectivity index (χ0n) is 15.1. The Morgan fingerprint density at radius 3 is 2.85 bits per heavy atom. The van der Waals surface area contributed by atoms with Crippen LogP contribution in [-0.2, 0) is 22.5 Å². The van der Waals surface area contributed by atoms with E-state index in [0.717, 1.165) is 12.0 Å². The third-order valence-electron chi connectivity index (χ3n) is 4.02. The van der Waals surface area contributed by atoms with Crippen LogP contribution in [0.1, 0.15) is 30.6 Å². The van der Waals surface area contributed by atoms with E-state index < -0.39 is 17.3 Å². The summed E-state index contributed by atoms with van der Waals surface area (Å²) < 4.78 is 17.2. The lowest BCUT2D eigenvalue weighted by atomic mass is 10.1. The number of pyridine rings is 1. The molecule has 0 bridgehead atoms. The van der Waals surface area contributed by atoms with Crippen molar-refractivity contribution in [3.05, 3.63) is 53.9 Å². The molecule has 3 atom stereocenters. The highest BCUT2D eigenvalue weighted by Gasteiger charge is 2.16. The fourth-order valence-corrected chi connectivity index (χ4v) is 3.10. The summed E-state index contributed by atoms with van der Waals surface area (Å²) in [6.45, 7) is 3.54. The van der Waals surface area contributed by atoms with E-state index in [-0.39, 0.29) is 11.8 Å². The fraction of sp³-hybridized carbons (Fsp3) is 0.421. The van der Waals surface area contributed by atoms with Crippen molar-refractivity contribution >= 4 is 11.2 Å². The number of aliphatic hydroxyl groups excluding tert-OH is 1. The molecule has 0 aliphatic heterocycles. The Bertz CT molecular complexity index is 670. The first-order chi connectivity index (χ1) is 12.5. The molecule has 0 saturated heterocycles. The van der Waals surface area contributed by atoms with Crippen LogP contribution in [0.5, 0.6) is 5.75 Å². The van der Waals surface area contributed by atoms with Gasteiger partial charge in [0.1, 0.15) is 6.26 Å². The Balaban J connectivity index is 1.71. The van der Waals surface area contributed by atoms with Crippen LogP contribution < -0.4 is 5.32 Å². The summed E-state index contributed by atoms with van der Waals surface area (Å²) in [4.78, 5) is 4.38. The molecule has 0 aliphatic rings. The minimum Gasteiger partial charge on any atom is -0.612 e. The van der Waals surface area contributed by atoms with Crippen molar-refractivity contribution in [3.8, 4) is 5.75 Å². The van der Waals surface area contributed by atoms with E-state index in [4.69, 9.17) is 4.74 Å². The molecule has 0 saturated carbocycles. The minimum absolute atomic E-state index is 0.0196. The van der Waals surface area contributed by atoms with Crippen LogP contribution in [0.25, 0.3) is 0 Å². The summed E-state index contributed by atoms with van der Waals surface area (Å²) in [6.07, 6.45) is 5.09. The number of rotatable bonds is 10. The van der Waals surface area contributed by atoms with E-state index in [0.29, 0.717) is 30.2 Å². The van der Waals surface area contributed by atoms with E-state index in [1.165, 1.54) is 12.3 Å². The molecule has 1 heterocycles. The van der Waals surface area contributed by atoms with Gasteiger partial charge in [-0.15, -0.1) is 0 Å². The van der Waals surface area contributed by atoms with Crippen molar-refractivity contribution < 1.29 is 19.5 Å². The van der Waals surface area contributed by atoms with Gasteiger partial charge in [-0.2, -0.15) is 0 Å². The Hall–Kier alpha value is -1.64. The second kappa shape index (κ2) is 10.5. The van der Waals surface area contributed by atoms with Crippen molar-refractivity contribution in [2.24, 2.45) is 0 Å². The lowest BCUT2D eigenvalue weighted by Gasteiger charge is -2.18. The highest BCUT2D eigenvalue weighted by molar-refractivity contribution is 7.90. The van der Waals surface area contributed by atoms with Crippen LogP contribution in [0, 0.1) is 0 Å². The molecule has 0 aliphatic carbocycles. The average Bonchev–Trinajstić information content (AvgIpc) is 2.64. The number of nitrogens with one attached hydrogen (secondary N) is 1. The van der Waals surface area contributed by atoms with Crippen molar-refractivity contribution in [2.75, 3.05) is 19.4 Å². The lowest BCUT2D eigenvalue weighted by molar-refractivity contribution is 0.109. The van der Waals surface area contributed by atoms with Crippen LogP contribution in [-0.4, -0.2) is 45.2 Å². The Morgan fingerprint density at radius 2 is 2.15 bits per heavy atom. The molecule has 0 radical (unpaired) electrons. The number of ether oxygens (including phenoxy) is 1. The molecule has 6 nitrogen and oxygen atoms in total. The molecule has 142 valence electrons. The highest BCUT2D eigenvalue weighted by Crippen LogP contribution is 2.26. The second-order valence-corrected chi connectivity index (χ2v) is 7.56. The maximum Gasteiger partial charge on any atom is 0.194 e. The Labute approximate surface area is 157 Å². The monoisotopic (exact) mass is 378 g/mol. The van der Waals surface area contributed by atoms with Crippen molar-refractivity contribution in [3.63, 3.8) is 0 Å². The van der Waals surface area contributed by atoms with E-state index in [9.17, 15) is 14.8 Å². The predicted molar refractivity (Wildman–Crippen MR) is 101 cm³/mol. The van der Waals surface area contributed by atoms with Crippen molar-refractivity contribution in [1.82, 2.24) is 10.3 Å². The Kier molecular flexibility index (Phi) is 8.34. The first-order valence-electron chi connectivity index (χ1n) is 8.51. The Morgan fingerprint density at radius 1 is 1.35 bits per heavy atom. The molecule has 3 unspecified atom stereocenters. The van der Waals surface area contributed by atoms with Crippen LogP contribution in [0.3, 0.4) is 0 Å². The largest absolute Gasteiger partial charge is 0.612 e. The fourth-order valence-electron chi connectivity index (χ4n) is 2.43. The lowest BCUT2D eigenvalue weighted by Crippen LogP contribution is -2.31. The minimum atomic E-state index is -1.30. The molecule has 2 aromatic rings. The highest BCUT2D eigenvalue weighted by atomic mass is 32.2. The topological polar surface area (TPSA) is 97.7 Å². The van der Waals surface area contributed by atoms with Crippen LogP contribution in [0.4, 0.5) is 0 Å². The van der Waals surface area contributed by atoms with Gasteiger partial charge < -0.3 is 24.8 Å². The maximum atomic E-state index is 11.6. The third kappa shape index (κ3) is 6.59. The molecule has 0 amide bonds. The number of aromatic hydroxyl groups is 1. The molecular formula is C19H26N2O4S. The van der Waals surface area contributed by atoms with Gasteiger partial charge >= 0.3 is 0 Å². The average molecular weight is 378 g/mol. The number of aromatic nitrogens is 1. The number of benzene rings is 1. The number of hydrogen-bond donors (Lipinski definition) is 3. The smallest absolute Gasteiger partial charge is 0.194 e. The van der Waals surface area contributed by atoms with E-state index in [1.807, 2.05) is 19.1 Å². The van der Waals surface area contributed by atoms with Crippen LogP contribution >= 0.6 is 0 Å². The molecule has 1 aromatic carbocycles. The summed E-state index contributed by atoms with van der Waals surface area (Å²) in [5, 5.41) is 23.3. The van der Waals surface area contributed by atoms with Gasteiger partial charge in [0.05, 0.1) is 12.7 Å². The number of nitrogens with zero attached hydrogens (tertiary/aromatic N) is 1. The molecule has 26 heavy (non-hydrogen) atoms. The molecule has 0 fully saturated rings. The van der Waals surface area contributed by atoms with Gasteiger partial charge in [-0.3, -0.25) is 4.98 Å². The summed E-state index contributed by atoms with van der Waals surface area (Å²) in [7, 11) is 0. The molecule has 0 spiro atoms. The van der Waals surface area contributed by atoms with Gasteiger partial charge in [-0.1, -0.05) is 12.1 Å². The summed E-state index contributed by atoms with van der Waals surface area (Å²) in [5.41, 5.74) is 1.67. The van der Waals surface area contributed by atoms with Gasteiger partial charge in [0.25, 0.3) is 0 Å².